The third-order valence-corrected chi connectivity index (χ3v) is 2.88. The van der Waals surface area contributed by atoms with Crippen LogP contribution in [-0.2, 0) is 4.74 Å². The second-order valence-corrected chi connectivity index (χ2v) is 5.47. The molecule has 1 N–H and O–H groups in total. The first-order valence-electron chi connectivity index (χ1n) is 6.61. The summed E-state index contributed by atoms with van der Waals surface area (Å²) in [6, 6.07) is 0.831. The standard InChI is InChI=1S/C13H28N2O/c1-11(2)16-8-7-15(4)10-12(3)9-14-13-5-6-13/h11-14H,5-10H2,1-4H3. The summed E-state index contributed by atoms with van der Waals surface area (Å²) in [7, 11) is 2.18. The summed E-state index contributed by atoms with van der Waals surface area (Å²) in [4.78, 5) is 2.36. The molecule has 3 heteroatoms. The molecule has 16 heavy (non-hydrogen) atoms. The fourth-order valence-corrected chi connectivity index (χ4v) is 1.79. The van der Waals surface area contributed by atoms with Gasteiger partial charge < -0.3 is 15.0 Å². The van der Waals surface area contributed by atoms with Crippen molar-refractivity contribution in [2.75, 3.05) is 33.3 Å². The summed E-state index contributed by atoms with van der Waals surface area (Å²) in [5, 5.41) is 3.58. The van der Waals surface area contributed by atoms with Gasteiger partial charge in [0.15, 0.2) is 0 Å². The van der Waals surface area contributed by atoms with E-state index in [9.17, 15) is 0 Å². The predicted molar refractivity (Wildman–Crippen MR) is 68.8 cm³/mol. The molecule has 1 saturated carbocycles. The summed E-state index contributed by atoms with van der Waals surface area (Å²) >= 11 is 0. The Morgan fingerprint density at radius 2 is 2.00 bits per heavy atom. The quantitative estimate of drug-likeness (QED) is 0.650. The maximum Gasteiger partial charge on any atom is 0.0596 e. The zero-order valence-corrected chi connectivity index (χ0v) is 11.3. The lowest BCUT2D eigenvalue weighted by atomic mass is 10.1. The molecule has 0 saturated heterocycles. The Morgan fingerprint density at radius 1 is 1.31 bits per heavy atom. The van der Waals surface area contributed by atoms with Gasteiger partial charge in [-0.2, -0.15) is 0 Å². The van der Waals surface area contributed by atoms with E-state index in [2.05, 4.69) is 38.0 Å². The summed E-state index contributed by atoms with van der Waals surface area (Å²) in [6.07, 6.45) is 3.11. The van der Waals surface area contributed by atoms with E-state index in [4.69, 9.17) is 4.74 Å². The average Bonchev–Trinajstić information content (AvgIpc) is 2.97. The Morgan fingerprint density at radius 3 is 2.56 bits per heavy atom. The summed E-state index contributed by atoms with van der Waals surface area (Å²) in [5.74, 6) is 0.727. The molecular formula is C13H28N2O. The highest BCUT2D eigenvalue weighted by molar-refractivity contribution is 4.81. The summed E-state index contributed by atoms with van der Waals surface area (Å²) in [5.41, 5.74) is 0. The lowest BCUT2D eigenvalue weighted by Crippen LogP contribution is -2.33. The third-order valence-electron chi connectivity index (χ3n) is 2.88. The van der Waals surface area contributed by atoms with Crippen molar-refractivity contribution >= 4 is 0 Å². The van der Waals surface area contributed by atoms with Gasteiger partial charge in [-0.15, -0.1) is 0 Å². The zero-order valence-electron chi connectivity index (χ0n) is 11.3. The van der Waals surface area contributed by atoms with Crippen LogP contribution in [0.25, 0.3) is 0 Å². The molecular weight excluding hydrogens is 200 g/mol. The second kappa shape index (κ2) is 7.25. The number of likely N-dealkylation sites (N-methyl/N-ethyl adjacent to an activating group) is 1. The van der Waals surface area contributed by atoms with Gasteiger partial charge in [-0.05, 0) is 46.2 Å². The molecule has 0 aromatic heterocycles. The number of nitrogens with zero attached hydrogens (tertiary/aromatic N) is 1. The summed E-state index contributed by atoms with van der Waals surface area (Å²) < 4.78 is 5.54. The van der Waals surface area contributed by atoms with E-state index in [0.29, 0.717) is 6.10 Å². The van der Waals surface area contributed by atoms with Gasteiger partial charge in [0.05, 0.1) is 12.7 Å². The van der Waals surface area contributed by atoms with Crippen molar-refractivity contribution in [1.29, 1.82) is 0 Å². The van der Waals surface area contributed by atoms with Gasteiger partial charge in [-0.25, -0.2) is 0 Å². The van der Waals surface area contributed by atoms with E-state index >= 15 is 0 Å². The number of hydrogen-bond acceptors (Lipinski definition) is 3. The highest BCUT2D eigenvalue weighted by atomic mass is 16.5. The first kappa shape index (κ1) is 13.9. The molecule has 0 spiro atoms. The highest BCUT2D eigenvalue weighted by Crippen LogP contribution is 2.18. The summed E-state index contributed by atoms with van der Waals surface area (Å²) in [6.45, 7) is 10.7. The van der Waals surface area contributed by atoms with Crippen molar-refractivity contribution in [2.45, 2.75) is 45.8 Å². The molecule has 0 heterocycles. The molecule has 0 amide bonds. The lowest BCUT2D eigenvalue weighted by molar-refractivity contribution is 0.0616. The SMILES string of the molecule is CC(CNC1CC1)CN(C)CCOC(C)C. The average molecular weight is 228 g/mol. The van der Waals surface area contributed by atoms with E-state index in [1.807, 2.05) is 0 Å². The Balaban J connectivity index is 1.95. The van der Waals surface area contributed by atoms with Crippen LogP contribution < -0.4 is 5.32 Å². The van der Waals surface area contributed by atoms with Crippen LogP contribution in [0, 0.1) is 5.92 Å². The van der Waals surface area contributed by atoms with E-state index < -0.39 is 0 Å². The van der Waals surface area contributed by atoms with Gasteiger partial charge >= 0.3 is 0 Å². The third kappa shape index (κ3) is 7.20. The molecule has 0 aliphatic heterocycles. The zero-order chi connectivity index (χ0) is 12.0. The molecule has 1 unspecified atom stereocenters. The van der Waals surface area contributed by atoms with Crippen LogP contribution in [0.15, 0.2) is 0 Å². The van der Waals surface area contributed by atoms with Gasteiger partial charge in [-0.1, -0.05) is 6.92 Å². The largest absolute Gasteiger partial charge is 0.377 e. The van der Waals surface area contributed by atoms with Crippen LogP contribution in [0.3, 0.4) is 0 Å². The Kier molecular flexibility index (Phi) is 6.32. The van der Waals surface area contributed by atoms with Crippen LogP contribution in [0.1, 0.15) is 33.6 Å². The molecule has 3 nitrogen and oxygen atoms in total. The van der Waals surface area contributed by atoms with Gasteiger partial charge in [0.1, 0.15) is 0 Å². The van der Waals surface area contributed by atoms with Gasteiger partial charge in [0.25, 0.3) is 0 Å². The van der Waals surface area contributed by atoms with Crippen molar-refractivity contribution < 1.29 is 4.74 Å². The van der Waals surface area contributed by atoms with Crippen molar-refractivity contribution in [1.82, 2.24) is 10.2 Å². The highest BCUT2D eigenvalue weighted by Gasteiger charge is 2.20. The fraction of sp³-hybridized carbons (Fsp3) is 1.00. The molecule has 1 fully saturated rings. The predicted octanol–water partition coefficient (Wildman–Crippen LogP) is 1.73. The van der Waals surface area contributed by atoms with E-state index in [1.54, 1.807) is 0 Å². The Labute approximate surface area is 101 Å². The Hall–Kier alpha value is -0.120. The minimum absolute atomic E-state index is 0.349. The molecule has 0 radical (unpaired) electrons. The number of nitrogens with one attached hydrogen (secondary N) is 1. The number of hydrogen-bond donors (Lipinski definition) is 1. The molecule has 1 aliphatic carbocycles. The van der Waals surface area contributed by atoms with Crippen LogP contribution in [-0.4, -0.2) is 50.3 Å². The van der Waals surface area contributed by atoms with Crippen LogP contribution >= 0.6 is 0 Å². The monoisotopic (exact) mass is 228 g/mol. The van der Waals surface area contributed by atoms with Gasteiger partial charge in [-0.3, -0.25) is 0 Å². The van der Waals surface area contributed by atoms with Crippen molar-refractivity contribution in [3.8, 4) is 0 Å². The molecule has 1 aliphatic rings. The van der Waals surface area contributed by atoms with Crippen LogP contribution in [0.2, 0.25) is 0 Å². The smallest absolute Gasteiger partial charge is 0.0596 e. The number of ether oxygens (including phenoxy) is 1. The van der Waals surface area contributed by atoms with Crippen molar-refractivity contribution in [2.24, 2.45) is 5.92 Å². The van der Waals surface area contributed by atoms with E-state index in [-0.39, 0.29) is 0 Å². The molecule has 0 aromatic rings. The minimum atomic E-state index is 0.349. The maximum atomic E-state index is 5.54. The van der Waals surface area contributed by atoms with Crippen molar-refractivity contribution in [3.63, 3.8) is 0 Å². The lowest BCUT2D eigenvalue weighted by Gasteiger charge is -2.22. The molecule has 1 atom stereocenters. The normalized spacial score (nSPS) is 18.4. The molecule has 0 aromatic carbocycles. The fourth-order valence-electron chi connectivity index (χ4n) is 1.79. The van der Waals surface area contributed by atoms with E-state index in [0.717, 1.165) is 38.2 Å². The Bertz CT molecular complexity index is 181. The molecule has 96 valence electrons. The van der Waals surface area contributed by atoms with Crippen molar-refractivity contribution in [3.05, 3.63) is 0 Å². The van der Waals surface area contributed by atoms with Gasteiger partial charge in [0.2, 0.25) is 0 Å². The second-order valence-electron chi connectivity index (χ2n) is 5.47. The minimum Gasteiger partial charge on any atom is -0.377 e. The first-order valence-corrected chi connectivity index (χ1v) is 6.61. The first-order chi connectivity index (χ1) is 7.58. The number of rotatable bonds is 9. The van der Waals surface area contributed by atoms with Gasteiger partial charge in [0, 0.05) is 19.1 Å². The molecule has 0 bridgehead atoms. The van der Waals surface area contributed by atoms with Crippen LogP contribution in [0.5, 0.6) is 0 Å². The molecule has 1 rings (SSSR count). The van der Waals surface area contributed by atoms with Crippen LogP contribution in [0.4, 0.5) is 0 Å². The topological polar surface area (TPSA) is 24.5 Å². The van der Waals surface area contributed by atoms with E-state index in [1.165, 1.54) is 12.8 Å². The maximum absolute atomic E-state index is 5.54.